The van der Waals surface area contributed by atoms with Crippen LogP contribution in [-0.4, -0.2) is 63.9 Å². The van der Waals surface area contributed by atoms with E-state index in [0.717, 1.165) is 28.8 Å². The Balaban J connectivity index is 2.05. The van der Waals surface area contributed by atoms with Gasteiger partial charge in [-0.15, -0.1) is 0 Å². The Morgan fingerprint density at radius 2 is 1.64 bits per heavy atom. The fourth-order valence-electron chi connectivity index (χ4n) is 4.18. The van der Waals surface area contributed by atoms with E-state index in [1.165, 1.54) is 0 Å². The van der Waals surface area contributed by atoms with Crippen molar-refractivity contribution in [1.82, 2.24) is 4.90 Å². The highest BCUT2D eigenvalue weighted by molar-refractivity contribution is 5.76. The lowest BCUT2D eigenvalue weighted by Gasteiger charge is -2.38. The SMILES string of the molecule is CCOC(=O)CNc1ccccc1C1c2cc(OC)c(OC)cc2CCN1CC(=O)OCC. The summed E-state index contributed by atoms with van der Waals surface area (Å²) >= 11 is 0. The first-order chi connectivity index (χ1) is 16.0. The van der Waals surface area contributed by atoms with E-state index in [1.54, 1.807) is 28.1 Å². The summed E-state index contributed by atoms with van der Waals surface area (Å²) in [4.78, 5) is 26.5. The Hall–Kier alpha value is -3.26. The third-order valence-electron chi connectivity index (χ3n) is 5.59. The molecular weight excluding hydrogens is 424 g/mol. The van der Waals surface area contributed by atoms with Gasteiger partial charge in [-0.1, -0.05) is 18.2 Å². The van der Waals surface area contributed by atoms with Crippen LogP contribution in [0.2, 0.25) is 0 Å². The second-order valence-electron chi connectivity index (χ2n) is 7.58. The van der Waals surface area contributed by atoms with Crippen LogP contribution in [0.5, 0.6) is 11.5 Å². The van der Waals surface area contributed by atoms with E-state index in [2.05, 4.69) is 10.2 Å². The molecule has 1 atom stereocenters. The molecule has 178 valence electrons. The molecule has 8 heteroatoms. The minimum Gasteiger partial charge on any atom is -0.493 e. The second kappa shape index (κ2) is 11.6. The molecule has 2 aromatic carbocycles. The van der Waals surface area contributed by atoms with E-state index in [4.69, 9.17) is 18.9 Å². The lowest BCUT2D eigenvalue weighted by atomic mass is 9.87. The fraction of sp³-hybridized carbons (Fsp3) is 0.440. The summed E-state index contributed by atoms with van der Waals surface area (Å²) in [5.74, 6) is 0.688. The van der Waals surface area contributed by atoms with Crippen LogP contribution in [0.4, 0.5) is 5.69 Å². The Bertz CT molecular complexity index is 977. The zero-order valence-electron chi connectivity index (χ0n) is 19.7. The highest BCUT2D eigenvalue weighted by atomic mass is 16.5. The number of anilines is 1. The van der Waals surface area contributed by atoms with Gasteiger partial charge in [-0.2, -0.15) is 0 Å². The van der Waals surface area contributed by atoms with Gasteiger partial charge in [-0.3, -0.25) is 14.5 Å². The van der Waals surface area contributed by atoms with Gasteiger partial charge in [-0.25, -0.2) is 0 Å². The van der Waals surface area contributed by atoms with Gasteiger partial charge in [0, 0.05) is 12.2 Å². The van der Waals surface area contributed by atoms with Crippen molar-refractivity contribution in [3.05, 3.63) is 53.1 Å². The average molecular weight is 457 g/mol. The van der Waals surface area contributed by atoms with Gasteiger partial charge in [0.2, 0.25) is 0 Å². The molecule has 3 rings (SSSR count). The second-order valence-corrected chi connectivity index (χ2v) is 7.58. The Kier molecular flexibility index (Phi) is 8.54. The maximum absolute atomic E-state index is 12.4. The predicted molar refractivity (Wildman–Crippen MR) is 125 cm³/mol. The number of para-hydroxylation sites is 1. The zero-order valence-corrected chi connectivity index (χ0v) is 19.7. The molecule has 0 radical (unpaired) electrons. The van der Waals surface area contributed by atoms with Crippen LogP contribution in [0, 0.1) is 0 Å². The number of nitrogens with one attached hydrogen (secondary N) is 1. The van der Waals surface area contributed by atoms with Gasteiger partial charge in [0.25, 0.3) is 0 Å². The monoisotopic (exact) mass is 456 g/mol. The Morgan fingerprint density at radius 3 is 2.33 bits per heavy atom. The van der Waals surface area contributed by atoms with Crippen molar-refractivity contribution in [1.29, 1.82) is 0 Å². The van der Waals surface area contributed by atoms with Crippen LogP contribution < -0.4 is 14.8 Å². The smallest absolute Gasteiger partial charge is 0.325 e. The lowest BCUT2D eigenvalue weighted by molar-refractivity contribution is -0.145. The topological polar surface area (TPSA) is 86.3 Å². The fourth-order valence-corrected chi connectivity index (χ4v) is 4.18. The first-order valence-electron chi connectivity index (χ1n) is 11.1. The maximum Gasteiger partial charge on any atom is 0.325 e. The van der Waals surface area contributed by atoms with Gasteiger partial charge in [0.1, 0.15) is 6.54 Å². The number of hydrogen-bond donors (Lipinski definition) is 1. The van der Waals surface area contributed by atoms with Crippen LogP contribution in [0.15, 0.2) is 36.4 Å². The summed E-state index contributed by atoms with van der Waals surface area (Å²) < 4.78 is 21.4. The summed E-state index contributed by atoms with van der Waals surface area (Å²) in [5, 5.41) is 3.20. The van der Waals surface area contributed by atoms with Crippen molar-refractivity contribution in [3.63, 3.8) is 0 Å². The first kappa shape index (κ1) is 24.4. The molecule has 1 aliphatic rings. The number of ether oxygens (including phenoxy) is 4. The highest BCUT2D eigenvalue weighted by Gasteiger charge is 2.33. The normalized spacial score (nSPS) is 15.3. The van der Waals surface area contributed by atoms with Crippen molar-refractivity contribution in [3.8, 4) is 11.5 Å². The number of carbonyl (C=O) groups excluding carboxylic acids is 2. The molecule has 33 heavy (non-hydrogen) atoms. The van der Waals surface area contributed by atoms with Crippen molar-refractivity contribution in [2.75, 3.05) is 52.4 Å². The van der Waals surface area contributed by atoms with Crippen LogP contribution in [0.25, 0.3) is 0 Å². The number of carbonyl (C=O) groups is 2. The van der Waals surface area contributed by atoms with E-state index in [1.807, 2.05) is 36.4 Å². The average Bonchev–Trinajstić information content (AvgIpc) is 2.82. The van der Waals surface area contributed by atoms with E-state index >= 15 is 0 Å². The Morgan fingerprint density at radius 1 is 0.970 bits per heavy atom. The summed E-state index contributed by atoms with van der Waals surface area (Å²) in [6.07, 6.45) is 0.754. The summed E-state index contributed by atoms with van der Waals surface area (Å²) in [7, 11) is 3.22. The highest BCUT2D eigenvalue weighted by Crippen LogP contribution is 2.42. The molecule has 1 unspecified atom stereocenters. The van der Waals surface area contributed by atoms with E-state index in [0.29, 0.717) is 31.3 Å². The third kappa shape index (κ3) is 5.76. The van der Waals surface area contributed by atoms with Crippen LogP contribution in [0.3, 0.4) is 0 Å². The third-order valence-corrected chi connectivity index (χ3v) is 5.59. The molecular formula is C25H32N2O6. The van der Waals surface area contributed by atoms with E-state index in [9.17, 15) is 9.59 Å². The molecule has 1 heterocycles. The largest absolute Gasteiger partial charge is 0.493 e. The molecule has 0 bridgehead atoms. The van der Waals surface area contributed by atoms with Gasteiger partial charge in [0.15, 0.2) is 11.5 Å². The number of hydrogen-bond acceptors (Lipinski definition) is 8. The number of nitrogens with zero attached hydrogens (tertiary/aromatic N) is 1. The Labute approximate surface area is 194 Å². The van der Waals surface area contributed by atoms with Crippen LogP contribution >= 0.6 is 0 Å². The van der Waals surface area contributed by atoms with Crippen molar-refractivity contribution in [2.24, 2.45) is 0 Å². The molecule has 0 spiro atoms. The molecule has 0 aromatic heterocycles. The minimum atomic E-state index is -0.328. The quantitative estimate of drug-likeness (QED) is 0.546. The van der Waals surface area contributed by atoms with Crippen molar-refractivity contribution in [2.45, 2.75) is 26.3 Å². The molecule has 1 aliphatic heterocycles. The summed E-state index contributed by atoms with van der Waals surface area (Å²) in [5.41, 5.74) is 3.89. The molecule has 0 amide bonds. The van der Waals surface area contributed by atoms with E-state index in [-0.39, 0.29) is 31.1 Å². The van der Waals surface area contributed by atoms with E-state index < -0.39 is 0 Å². The molecule has 0 saturated heterocycles. The number of fused-ring (bicyclic) bond motifs is 1. The molecule has 8 nitrogen and oxygen atoms in total. The molecule has 1 N–H and O–H groups in total. The van der Waals surface area contributed by atoms with Gasteiger partial charge in [0.05, 0.1) is 40.0 Å². The zero-order chi connectivity index (χ0) is 23.8. The van der Waals surface area contributed by atoms with Gasteiger partial charge < -0.3 is 24.3 Å². The lowest BCUT2D eigenvalue weighted by Crippen LogP contribution is -2.40. The summed E-state index contributed by atoms with van der Waals surface area (Å²) in [6, 6.07) is 11.5. The van der Waals surface area contributed by atoms with Crippen LogP contribution in [0.1, 0.15) is 36.6 Å². The first-order valence-corrected chi connectivity index (χ1v) is 11.1. The number of rotatable bonds is 10. The number of benzene rings is 2. The van der Waals surface area contributed by atoms with Gasteiger partial charge in [-0.05, 0) is 55.2 Å². The standard InChI is InChI=1S/C25H32N2O6/c1-5-32-23(28)15-26-20-10-8-7-9-18(20)25-19-14-22(31-4)21(30-3)13-17(19)11-12-27(25)16-24(29)33-6-2/h7-10,13-14,25-26H,5-6,11-12,15-16H2,1-4H3. The molecule has 0 saturated carbocycles. The van der Waals surface area contributed by atoms with Crippen LogP contribution in [-0.2, 0) is 25.5 Å². The molecule has 0 aliphatic carbocycles. The number of methoxy groups -OCH3 is 2. The molecule has 0 fully saturated rings. The predicted octanol–water partition coefficient (Wildman–Crippen LogP) is 3.19. The van der Waals surface area contributed by atoms with Gasteiger partial charge >= 0.3 is 11.9 Å². The van der Waals surface area contributed by atoms with Crippen molar-refractivity contribution < 1.29 is 28.5 Å². The minimum absolute atomic E-state index is 0.0498. The maximum atomic E-state index is 12.4. The number of esters is 2. The van der Waals surface area contributed by atoms with Crippen molar-refractivity contribution >= 4 is 17.6 Å². The summed E-state index contributed by atoms with van der Waals surface area (Å²) in [6.45, 7) is 5.10. The molecule has 2 aromatic rings.